The summed E-state index contributed by atoms with van der Waals surface area (Å²) in [4.78, 5) is 13.4. The number of nitrogens with two attached hydrogens (primary N) is 1. The lowest BCUT2D eigenvalue weighted by atomic mass is 10.1. The van der Waals surface area contributed by atoms with Gasteiger partial charge in [0.1, 0.15) is 24.9 Å². The Kier molecular flexibility index (Phi) is 6.14. The maximum absolute atomic E-state index is 12.6. The van der Waals surface area contributed by atoms with Crippen LogP contribution in [0.25, 0.3) is 10.8 Å². The Bertz CT molecular complexity index is 1180. The summed E-state index contributed by atoms with van der Waals surface area (Å²) in [6, 6.07) is 13.2. The molecule has 34 heavy (non-hydrogen) atoms. The molecular formula is C24H26N2O7P+. The highest BCUT2D eigenvalue weighted by molar-refractivity contribution is 7.33. The van der Waals surface area contributed by atoms with E-state index in [0.717, 1.165) is 10.8 Å². The maximum atomic E-state index is 12.6. The van der Waals surface area contributed by atoms with Crippen LogP contribution in [-0.4, -0.2) is 47.7 Å². The minimum Gasteiger partial charge on any atom is -0.366 e. The SMILES string of the molecule is CC1(C)O[C@@H]2[C@H](O1)C(CO[P+](=O)Oc1cccc3ccccc13)O[C@H]2N1C=CCC(C(N)=O)=C1. The molecule has 5 rings (SSSR count). The van der Waals surface area contributed by atoms with Crippen LogP contribution in [0.1, 0.15) is 20.3 Å². The van der Waals surface area contributed by atoms with Crippen molar-refractivity contribution < 1.29 is 32.6 Å². The van der Waals surface area contributed by atoms with Crippen molar-refractivity contribution in [2.24, 2.45) is 5.73 Å². The van der Waals surface area contributed by atoms with Crippen LogP contribution in [0.3, 0.4) is 0 Å². The number of rotatable bonds is 7. The molecule has 0 saturated carbocycles. The van der Waals surface area contributed by atoms with Crippen LogP contribution < -0.4 is 10.3 Å². The molecule has 2 unspecified atom stereocenters. The number of fused-ring (bicyclic) bond motifs is 2. The lowest BCUT2D eigenvalue weighted by Crippen LogP contribution is -2.40. The number of hydrogen-bond acceptors (Lipinski definition) is 8. The van der Waals surface area contributed by atoms with E-state index in [0.29, 0.717) is 17.7 Å². The largest absolute Gasteiger partial charge is 0.750 e. The summed E-state index contributed by atoms with van der Waals surface area (Å²) in [6.07, 6.45) is 3.72. The third-order valence-corrected chi connectivity index (χ3v) is 6.63. The summed E-state index contributed by atoms with van der Waals surface area (Å²) in [7, 11) is -2.46. The van der Waals surface area contributed by atoms with Crippen molar-refractivity contribution in [2.75, 3.05) is 6.61 Å². The predicted octanol–water partition coefficient (Wildman–Crippen LogP) is 3.73. The predicted molar refractivity (Wildman–Crippen MR) is 123 cm³/mol. The number of carbonyl (C=O) groups excluding carboxylic acids is 1. The molecule has 5 atom stereocenters. The quantitative estimate of drug-likeness (QED) is 0.591. The Morgan fingerprint density at radius 2 is 1.94 bits per heavy atom. The van der Waals surface area contributed by atoms with Gasteiger partial charge in [-0.15, -0.1) is 4.52 Å². The van der Waals surface area contributed by atoms with Crippen LogP contribution in [0.4, 0.5) is 0 Å². The molecular weight excluding hydrogens is 459 g/mol. The first kappa shape index (κ1) is 23.0. The van der Waals surface area contributed by atoms with Crippen molar-refractivity contribution in [1.29, 1.82) is 0 Å². The average Bonchev–Trinajstić information content (AvgIpc) is 3.31. The van der Waals surface area contributed by atoms with Crippen LogP contribution in [-0.2, 0) is 28.1 Å². The van der Waals surface area contributed by atoms with Crippen LogP contribution in [0.15, 0.2) is 66.5 Å². The summed E-state index contributed by atoms with van der Waals surface area (Å²) in [5.41, 5.74) is 5.92. The van der Waals surface area contributed by atoms with Crippen molar-refractivity contribution in [1.82, 2.24) is 4.90 Å². The minimum atomic E-state index is -2.46. The van der Waals surface area contributed by atoms with Gasteiger partial charge in [-0.3, -0.25) is 4.79 Å². The molecule has 2 aromatic rings. The molecule has 0 aromatic heterocycles. The molecule has 10 heteroatoms. The topological polar surface area (TPSA) is 110 Å². The number of nitrogens with zero attached hydrogens (tertiary/aromatic N) is 1. The lowest BCUT2D eigenvalue weighted by molar-refractivity contribution is -0.201. The first-order chi connectivity index (χ1) is 16.3. The highest BCUT2D eigenvalue weighted by Crippen LogP contribution is 2.42. The van der Waals surface area contributed by atoms with Gasteiger partial charge < -0.3 is 24.8 Å². The molecule has 2 fully saturated rings. The van der Waals surface area contributed by atoms with Crippen LogP contribution in [0.5, 0.6) is 5.75 Å². The number of primary amides is 1. The summed E-state index contributed by atoms with van der Waals surface area (Å²) in [5.74, 6) is -0.839. The van der Waals surface area contributed by atoms with E-state index >= 15 is 0 Å². The zero-order valence-electron chi connectivity index (χ0n) is 18.8. The van der Waals surface area contributed by atoms with Gasteiger partial charge in [-0.25, -0.2) is 4.52 Å². The molecule has 2 N–H and O–H groups in total. The molecule has 3 heterocycles. The highest BCUT2D eigenvalue weighted by Gasteiger charge is 2.57. The van der Waals surface area contributed by atoms with Crippen molar-refractivity contribution in [3.8, 4) is 5.75 Å². The first-order valence-electron chi connectivity index (χ1n) is 11.0. The molecule has 0 bridgehead atoms. The first-order valence-corrected chi connectivity index (χ1v) is 12.1. The Morgan fingerprint density at radius 3 is 2.76 bits per heavy atom. The van der Waals surface area contributed by atoms with E-state index in [-0.39, 0.29) is 6.61 Å². The number of carbonyl (C=O) groups is 1. The van der Waals surface area contributed by atoms with E-state index in [2.05, 4.69) is 0 Å². The number of ether oxygens (including phenoxy) is 3. The van der Waals surface area contributed by atoms with E-state index < -0.39 is 44.5 Å². The average molecular weight is 485 g/mol. The van der Waals surface area contributed by atoms with E-state index in [1.165, 1.54) is 0 Å². The summed E-state index contributed by atoms with van der Waals surface area (Å²) >= 11 is 0. The van der Waals surface area contributed by atoms with Gasteiger partial charge in [0.05, 0.1) is 0 Å². The molecule has 2 aromatic carbocycles. The highest BCUT2D eigenvalue weighted by atomic mass is 31.1. The molecule has 9 nitrogen and oxygen atoms in total. The third kappa shape index (κ3) is 4.58. The Morgan fingerprint density at radius 1 is 1.18 bits per heavy atom. The van der Waals surface area contributed by atoms with Gasteiger partial charge >= 0.3 is 8.25 Å². The minimum absolute atomic E-state index is 0.0268. The zero-order chi connectivity index (χ0) is 23.9. The monoisotopic (exact) mass is 485 g/mol. The van der Waals surface area contributed by atoms with Crippen molar-refractivity contribution in [3.63, 3.8) is 0 Å². The number of hydrogen-bond donors (Lipinski definition) is 1. The zero-order valence-corrected chi connectivity index (χ0v) is 19.7. The molecule has 2 saturated heterocycles. The fourth-order valence-corrected chi connectivity index (χ4v) is 5.09. The lowest BCUT2D eigenvalue weighted by Gasteiger charge is -2.31. The van der Waals surface area contributed by atoms with Gasteiger partial charge in [0, 0.05) is 27.9 Å². The van der Waals surface area contributed by atoms with E-state index in [4.69, 9.17) is 29.0 Å². The van der Waals surface area contributed by atoms with Gasteiger partial charge in [-0.05, 0) is 31.7 Å². The second-order valence-corrected chi connectivity index (χ2v) is 9.66. The van der Waals surface area contributed by atoms with Crippen LogP contribution in [0, 0.1) is 0 Å². The standard InChI is InChI=1S/C24H25N2O7P/c1-24(2)31-20-19(30-23(21(20)32-24)26-12-6-9-16(13-26)22(25)27)14-29-34(28)33-18-11-5-8-15-7-3-4-10-17(15)18/h3-8,10-13,19-21,23H,9,14H2,1-2H3,(H-,25,27)/p+1/t19?,20-,21-,23-/m1/s1. The summed E-state index contributed by atoms with van der Waals surface area (Å²) in [5, 5.41) is 1.82. The van der Waals surface area contributed by atoms with Crippen molar-refractivity contribution in [2.45, 2.75) is 50.6 Å². The van der Waals surface area contributed by atoms with Crippen LogP contribution in [0.2, 0.25) is 0 Å². The van der Waals surface area contributed by atoms with E-state index in [1.807, 2.05) is 62.5 Å². The molecule has 0 spiro atoms. The smallest absolute Gasteiger partial charge is 0.366 e. The second kappa shape index (κ2) is 9.09. The maximum Gasteiger partial charge on any atom is 0.750 e. The number of allylic oxidation sites excluding steroid dienone is 1. The van der Waals surface area contributed by atoms with E-state index in [1.54, 1.807) is 17.2 Å². The Balaban J connectivity index is 1.28. The van der Waals surface area contributed by atoms with Crippen molar-refractivity contribution in [3.05, 3.63) is 66.5 Å². The molecule has 0 radical (unpaired) electrons. The van der Waals surface area contributed by atoms with E-state index in [9.17, 15) is 9.36 Å². The van der Waals surface area contributed by atoms with Gasteiger partial charge in [-0.2, -0.15) is 0 Å². The summed E-state index contributed by atoms with van der Waals surface area (Å²) < 4.78 is 42.1. The number of benzene rings is 2. The fourth-order valence-electron chi connectivity index (χ4n) is 4.45. The van der Waals surface area contributed by atoms with Crippen LogP contribution >= 0.6 is 8.25 Å². The third-order valence-electron chi connectivity index (χ3n) is 5.92. The normalized spacial score (nSPS) is 28.0. The Hall–Kier alpha value is -2.81. The molecule has 3 aliphatic heterocycles. The van der Waals surface area contributed by atoms with Gasteiger partial charge in [-0.1, -0.05) is 42.5 Å². The second-order valence-electron chi connectivity index (χ2n) is 8.77. The van der Waals surface area contributed by atoms with Gasteiger partial charge in [0.25, 0.3) is 0 Å². The fraction of sp³-hybridized carbons (Fsp3) is 0.375. The van der Waals surface area contributed by atoms with Gasteiger partial charge in [0.15, 0.2) is 17.8 Å². The molecule has 0 aliphatic carbocycles. The molecule has 178 valence electrons. The summed E-state index contributed by atoms with van der Waals surface area (Å²) in [6.45, 7) is 3.61. The van der Waals surface area contributed by atoms with Crippen molar-refractivity contribution >= 4 is 24.9 Å². The number of amides is 1. The molecule has 1 amide bonds. The Labute approximate surface area is 198 Å². The van der Waals surface area contributed by atoms with Gasteiger partial charge in [0.2, 0.25) is 5.91 Å². The molecule has 3 aliphatic rings.